The fourth-order valence-corrected chi connectivity index (χ4v) is 2.93. The van der Waals surface area contributed by atoms with Crippen LogP contribution < -0.4 is 0 Å². The fraction of sp³-hybridized carbons (Fsp3) is 0.556. The van der Waals surface area contributed by atoms with E-state index in [1.54, 1.807) is 0 Å². The lowest BCUT2D eigenvalue weighted by atomic mass is 10.1. The second-order valence-electron chi connectivity index (χ2n) is 3.12. The van der Waals surface area contributed by atoms with E-state index in [9.17, 15) is 0 Å². The molecule has 0 radical (unpaired) electrons. The smallest absolute Gasteiger partial charge is 0.0342 e. The topological polar surface area (TPSA) is 0 Å². The molecule has 0 aliphatic heterocycles. The van der Waals surface area contributed by atoms with Crippen LogP contribution in [-0.4, -0.2) is 5.38 Å². The molecule has 1 aromatic heterocycles. The molecule has 0 amide bonds. The molecule has 1 heterocycles. The van der Waals surface area contributed by atoms with E-state index in [4.69, 9.17) is 11.6 Å². The Kier molecular flexibility index (Phi) is 2.19. The third-order valence-corrected chi connectivity index (χ3v) is 3.75. The standard InChI is InChI=1S/C9H11ClS/c10-8-4-3-7(6-8)9-2-1-5-11-9/h1-2,5,7-8H,3-4,6H2. The molecule has 1 saturated carbocycles. The summed E-state index contributed by atoms with van der Waals surface area (Å²) in [6, 6.07) is 4.35. The van der Waals surface area contributed by atoms with E-state index < -0.39 is 0 Å². The summed E-state index contributed by atoms with van der Waals surface area (Å²) >= 11 is 7.89. The Labute approximate surface area is 76.2 Å². The van der Waals surface area contributed by atoms with Crippen molar-refractivity contribution in [3.8, 4) is 0 Å². The lowest BCUT2D eigenvalue weighted by molar-refractivity contribution is 0.739. The van der Waals surface area contributed by atoms with Crippen LogP contribution in [0.15, 0.2) is 17.5 Å². The zero-order valence-corrected chi connectivity index (χ0v) is 7.87. The highest BCUT2D eigenvalue weighted by Gasteiger charge is 2.24. The van der Waals surface area contributed by atoms with Gasteiger partial charge in [0.25, 0.3) is 0 Å². The average molecular weight is 187 g/mol. The second kappa shape index (κ2) is 3.16. The minimum Gasteiger partial charge on any atom is -0.149 e. The molecular weight excluding hydrogens is 176 g/mol. The quantitative estimate of drug-likeness (QED) is 0.588. The van der Waals surface area contributed by atoms with Crippen LogP contribution in [0.4, 0.5) is 0 Å². The van der Waals surface area contributed by atoms with Gasteiger partial charge >= 0.3 is 0 Å². The normalized spacial score (nSPS) is 31.0. The first kappa shape index (κ1) is 7.63. The Morgan fingerprint density at radius 2 is 2.36 bits per heavy atom. The van der Waals surface area contributed by atoms with E-state index in [1.807, 2.05) is 11.3 Å². The minimum absolute atomic E-state index is 0.432. The third-order valence-electron chi connectivity index (χ3n) is 2.31. The summed E-state index contributed by atoms with van der Waals surface area (Å²) < 4.78 is 0. The molecule has 2 atom stereocenters. The highest BCUT2D eigenvalue weighted by molar-refractivity contribution is 7.10. The molecule has 0 N–H and O–H groups in total. The van der Waals surface area contributed by atoms with Gasteiger partial charge in [0.15, 0.2) is 0 Å². The van der Waals surface area contributed by atoms with Crippen molar-refractivity contribution in [1.82, 2.24) is 0 Å². The van der Waals surface area contributed by atoms with Crippen molar-refractivity contribution >= 4 is 22.9 Å². The van der Waals surface area contributed by atoms with Gasteiger partial charge < -0.3 is 0 Å². The van der Waals surface area contributed by atoms with E-state index in [0.717, 1.165) is 5.92 Å². The summed E-state index contributed by atoms with van der Waals surface area (Å²) in [5.74, 6) is 0.762. The molecule has 60 valence electrons. The molecular formula is C9H11ClS. The predicted octanol–water partition coefficient (Wildman–Crippen LogP) is 3.62. The maximum atomic E-state index is 6.03. The van der Waals surface area contributed by atoms with E-state index in [0.29, 0.717) is 5.38 Å². The molecule has 2 rings (SSSR count). The van der Waals surface area contributed by atoms with Crippen LogP contribution in [0.3, 0.4) is 0 Å². The molecule has 0 spiro atoms. The zero-order chi connectivity index (χ0) is 7.68. The molecule has 2 heteroatoms. The number of hydrogen-bond acceptors (Lipinski definition) is 1. The number of thiophene rings is 1. The Morgan fingerprint density at radius 1 is 1.45 bits per heavy atom. The number of halogens is 1. The first-order valence-corrected chi connectivity index (χ1v) is 5.35. The minimum atomic E-state index is 0.432. The van der Waals surface area contributed by atoms with Gasteiger partial charge in [0.2, 0.25) is 0 Å². The molecule has 1 fully saturated rings. The van der Waals surface area contributed by atoms with Crippen LogP contribution in [0.2, 0.25) is 0 Å². The van der Waals surface area contributed by atoms with Crippen LogP contribution in [0.1, 0.15) is 30.1 Å². The summed E-state index contributed by atoms with van der Waals surface area (Å²) in [6.45, 7) is 0. The average Bonchev–Trinajstić information content (AvgIpc) is 2.55. The molecule has 2 unspecified atom stereocenters. The molecule has 1 aliphatic carbocycles. The van der Waals surface area contributed by atoms with Gasteiger partial charge in [-0.2, -0.15) is 0 Å². The lowest BCUT2D eigenvalue weighted by Gasteiger charge is -2.04. The van der Waals surface area contributed by atoms with Crippen molar-refractivity contribution in [2.24, 2.45) is 0 Å². The Bertz CT molecular complexity index is 217. The number of hydrogen-bond donors (Lipinski definition) is 0. The van der Waals surface area contributed by atoms with Crippen LogP contribution in [0, 0.1) is 0 Å². The van der Waals surface area contributed by atoms with Gasteiger partial charge in [0.05, 0.1) is 0 Å². The molecule has 0 bridgehead atoms. The molecule has 1 aromatic rings. The van der Waals surface area contributed by atoms with E-state index in [-0.39, 0.29) is 0 Å². The monoisotopic (exact) mass is 186 g/mol. The van der Waals surface area contributed by atoms with Gasteiger partial charge in [-0.3, -0.25) is 0 Å². The summed E-state index contributed by atoms with van der Waals surface area (Å²) in [5.41, 5.74) is 0. The van der Waals surface area contributed by atoms with Crippen LogP contribution in [0.5, 0.6) is 0 Å². The van der Waals surface area contributed by atoms with Gasteiger partial charge in [-0.25, -0.2) is 0 Å². The highest BCUT2D eigenvalue weighted by atomic mass is 35.5. The summed E-state index contributed by atoms with van der Waals surface area (Å²) in [4.78, 5) is 1.52. The Hall–Kier alpha value is -0.0100. The maximum Gasteiger partial charge on any atom is 0.0342 e. The molecule has 0 nitrogen and oxygen atoms in total. The van der Waals surface area contributed by atoms with Crippen molar-refractivity contribution in [2.45, 2.75) is 30.6 Å². The van der Waals surface area contributed by atoms with E-state index in [1.165, 1.54) is 24.1 Å². The first-order valence-electron chi connectivity index (χ1n) is 4.04. The van der Waals surface area contributed by atoms with Gasteiger partial charge in [0, 0.05) is 10.3 Å². The second-order valence-corrected chi connectivity index (χ2v) is 4.72. The van der Waals surface area contributed by atoms with Crippen molar-refractivity contribution in [2.75, 3.05) is 0 Å². The Balaban J connectivity index is 2.08. The van der Waals surface area contributed by atoms with Crippen LogP contribution >= 0.6 is 22.9 Å². The van der Waals surface area contributed by atoms with Gasteiger partial charge in [-0.1, -0.05) is 6.07 Å². The van der Waals surface area contributed by atoms with Crippen LogP contribution in [-0.2, 0) is 0 Å². The van der Waals surface area contributed by atoms with Gasteiger partial charge in [0.1, 0.15) is 0 Å². The third kappa shape index (κ3) is 1.60. The van der Waals surface area contributed by atoms with Crippen molar-refractivity contribution < 1.29 is 0 Å². The summed E-state index contributed by atoms with van der Waals surface area (Å²) in [6.07, 6.45) is 3.67. The molecule has 1 aliphatic rings. The summed E-state index contributed by atoms with van der Waals surface area (Å²) in [5, 5.41) is 2.58. The van der Waals surface area contributed by atoms with Gasteiger partial charge in [-0.05, 0) is 36.6 Å². The lowest BCUT2D eigenvalue weighted by Crippen LogP contribution is -1.90. The van der Waals surface area contributed by atoms with Crippen molar-refractivity contribution in [3.05, 3.63) is 22.4 Å². The van der Waals surface area contributed by atoms with Gasteiger partial charge in [-0.15, -0.1) is 22.9 Å². The van der Waals surface area contributed by atoms with Crippen LogP contribution in [0.25, 0.3) is 0 Å². The maximum absolute atomic E-state index is 6.03. The molecule has 11 heavy (non-hydrogen) atoms. The highest BCUT2D eigenvalue weighted by Crippen LogP contribution is 2.38. The first-order chi connectivity index (χ1) is 5.36. The molecule has 0 saturated heterocycles. The largest absolute Gasteiger partial charge is 0.149 e. The predicted molar refractivity (Wildman–Crippen MR) is 50.6 cm³/mol. The fourth-order valence-electron chi connectivity index (χ4n) is 1.71. The van der Waals surface area contributed by atoms with E-state index in [2.05, 4.69) is 17.5 Å². The number of alkyl halides is 1. The van der Waals surface area contributed by atoms with Crippen molar-refractivity contribution in [3.63, 3.8) is 0 Å². The zero-order valence-electron chi connectivity index (χ0n) is 6.29. The molecule has 0 aromatic carbocycles. The van der Waals surface area contributed by atoms with Crippen molar-refractivity contribution in [1.29, 1.82) is 0 Å². The SMILES string of the molecule is ClC1CCC(c2cccs2)C1. The van der Waals surface area contributed by atoms with E-state index >= 15 is 0 Å². The summed E-state index contributed by atoms with van der Waals surface area (Å²) in [7, 11) is 0. The Morgan fingerprint density at radius 3 is 2.91 bits per heavy atom. The number of rotatable bonds is 1.